The number of rotatable bonds is 7. The normalized spacial score (nSPS) is 12.5. The van der Waals surface area contributed by atoms with E-state index in [1.807, 2.05) is 6.92 Å². The van der Waals surface area contributed by atoms with Crippen molar-refractivity contribution in [1.29, 1.82) is 0 Å². The van der Waals surface area contributed by atoms with E-state index in [1.54, 1.807) is 43.0 Å². The number of hydrogen-bond acceptors (Lipinski definition) is 6. The van der Waals surface area contributed by atoms with Gasteiger partial charge in [-0.15, -0.1) is 10.2 Å². The summed E-state index contributed by atoms with van der Waals surface area (Å²) in [7, 11) is 0. The smallest absolute Gasteiger partial charge is 0.417 e. The van der Waals surface area contributed by atoms with Crippen molar-refractivity contribution in [2.75, 3.05) is 13.2 Å². The SMILES string of the molecule is CCN(C(=O)c1ccccc1-c1nnc(C)o1)C(C)COc1ccc(C(F)(F)F)cn1. The van der Waals surface area contributed by atoms with Crippen LogP contribution in [0.3, 0.4) is 0 Å². The number of aromatic nitrogens is 3. The lowest BCUT2D eigenvalue weighted by molar-refractivity contribution is -0.137. The molecular weight excluding hydrogens is 413 g/mol. The van der Waals surface area contributed by atoms with Crippen LogP contribution in [0.4, 0.5) is 13.2 Å². The minimum absolute atomic E-state index is 0.0464. The highest BCUT2D eigenvalue weighted by Crippen LogP contribution is 2.29. The zero-order valence-electron chi connectivity index (χ0n) is 17.2. The number of ether oxygens (including phenoxy) is 1. The molecule has 3 rings (SSSR count). The van der Waals surface area contributed by atoms with E-state index in [1.165, 1.54) is 0 Å². The Balaban J connectivity index is 1.72. The van der Waals surface area contributed by atoms with Crippen LogP contribution in [0.25, 0.3) is 11.5 Å². The third kappa shape index (κ3) is 5.19. The summed E-state index contributed by atoms with van der Waals surface area (Å²) in [6, 6.07) is 8.58. The number of carbonyl (C=O) groups excluding carboxylic acids is 1. The maximum absolute atomic E-state index is 13.2. The molecule has 164 valence electrons. The van der Waals surface area contributed by atoms with E-state index in [0.717, 1.165) is 12.1 Å². The Labute approximate surface area is 176 Å². The fourth-order valence-electron chi connectivity index (χ4n) is 3.00. The van der Waals surface area contributed by atoms with Gasteiger partial charge in [0.25, 0.3) is 5.91 Å². The quantitative estimate of drug-likeness (QED) is 0.549. The van der Waals surface area contributed by atoms with Gasteiger partial charge < -0.3 is 14.1 Å². The summed E-state index contributed by atoms with van der Waals surface area (Å²) in [6.45, 7) is 5.71. The van der Waals surface area contributed by atoms with Crippen LogP contribution in [0.5, 0.6) is 5.88 Å². The maximum Gasteiger partial charge on any atom is 0.417 e. The second-order valence-electron chi connectivity index (χ2n) is 6.81. The Hall–Kier alpha value is -3.43. The first-order valence-electron chi connectivity index (χ1n) is 9.57. The molecule has 0 radical (unpaired) electrons. The van der Waals surface area contributed by atoms with Gasteiger partial charge >= 0.3 is 6.18 Å². The molecule has 0 saturated heterocycles. The number of alkyl halides is 3. The number of aryl methyl sites for hydroxylation is 1. The number of pyridine rings is 1. The van der Waals surface area contributed by atoms with Crippen LogP contribution in [0.1, 0.15) is 35.7 Å². The van der Waals surface area contributed by atoms with Crippen LogP contribution < -0.4 is 4.74 Å². The molecule has 2 aromatic heterocycles. The molecule has 0 spiro atoms. The van der Waals surface area contributed by atoms with E-state index in [2.05, 4.69) is 15.2 Å². The Kier molecular flexibility index (Phi) is 6.57. The van der Waals surface area contributed by atoms with Crippen LogP contribution in [0.2, 0.25) is 0 Å². The molecule has 3 aromatic rings. The van der Waals surface area contributed by atoms with Gasteiger partial charge in [0.1, 0.15) is 6.61 Å². The molecule has 1 aromatic carbocycles. The van der Waals surface area contributed by atoms with Gasteiger partial charge in [0.15, 0.2) is 0 Å². The number of hydrogen-bond donors (Lipinski definition) is 0. The van der Waals surface area contributed by atoms with Crippen LogP contribution >= 0.6 is 0 Å². The molecule has 0 aliphatic carbocycles. The number of carbonyl (C=O) groups is 1. The van der Waals surface area contributed by atoms with Gasteiger partial charge in [0.2, 0.25) is 17.7 Å². The first-order chi connectivity index (χ1) is 14.7. The van der Waals surface area contributed by atoms with Crippen molar-refractivity contribution in [2.24, 2.45) is 0 Å². The summed E-state index contributed by atoms with van der Waals surface area (Å²) >= 11 is 0. The number of halogens is 3. The van der Waals surface area contributed by atoms with Crippen molar-refractivity contribution in [3.05, 3.63) is 59.6 Å². The fraction of sp³-hybridized carbons (Fsp3) is 0.333. The Morgan fingerprint density at radius 1 is 1.19 bits per heavy atom. The molecule has 0 saturated carbocycles. The van der Waals surface area contributed by atoms with E-state index in [0.29, 0.717) is 29.8 Å². The third-order valence-electron chi connectivity index (χ3n) is 4.58. The van der Waals surface area contributed by atoms with Crippen molar-refractivity contribution < 1.29 is 27.1 Å². The molecular formula is C21H21F3N4O3. The molecule has 1 unspecified atom stereocenters. The Bertz CT molecular complexity index is 1030. The zero-order chi connectivity index (χ0) is 22.6. The standard InChI is InChI=1S/C21H21F3N4O3/c1-4-28(13(2)12-30-18-10-9-15(11-25-18)21(22,23)24)20(29)17-8-6-5-7-16(17)19-27-26-14(3)31-19/h5-11,13H,4,12H2,1-3H3. The van der Waals surface area contributed by atoms with Gasteiger partial charge in [-0.2, -0.15) is 13.2 Å². The molecule has 7 nitrogen and oxygen atoms in total. The second-order valence-corrected chi connectivity index (χ2v) is 6.81. The summed E-state index contributed by atoms with van der Waals surface area (Å²) in [5.74, 6) is 0.418. The Morgan fingerprint density at radius 3 is 2.52 bits per heavy atom. The zero-order valence-corrected chi connectivity index (χ0v) is 17.2. The average molecular weight is 434 g/mol. The van der Waals surface area contributed by atoms with Gasteiger partial charge in [-0.3, -0.25) is 4.79 Å². The minimum Gasteiger partial charge on any atom is -0.475 e. The lowest BCUT2D eigenvalue weighted by Crippen LogP contribution is -2.42. The molecule has 1 atom stereocenters. The van der Waals surface area contributed by atoms with E-state index >= 15 is 0 Å². The van der Waals surface area contributed by atoms with Crippen molar-refractivity contribution in [3.8, 4) is 17.3 Å². The molecule has 10 heteroatoms. The van der Waals surface area contributed by atoms with E-state index in [9.17, 15) is 18.0 Å². The van der Waals surface area contributed by atoms with E-state index < -0.39 is 11.7 Å². The summed E-state index contributed by atoms with van der Waals surface area (Å²) in [5.41, 5.74) is 0.0581. The molecule has 0 N–H and O–H groups in total. The summed E-state index contributed by atoms with van der Waals surface area (Å²) in [6.07, 6.45) is -3.75. The molecule has 2 heterocycles. The lowest BCUT2D eigenvalue weighted by atomic mass is 10.1. The first kappa shape index (κ1) is 22.3. The highest BCUT2D eigenvalue weighted by Gasteiger charge is 2.31. The van der Waals surface area contributed by atoms with Gasteiger partial charge in [0, 0.05) is 25.7 Å². The largest absolute Gasteiger partial charge is 0.475 e. The number of likely N-dealkylation sites (N-methyl/N-ethyl adjacent to an activating group) is 1. The van der Waals surface area contributed by atoms with Crippen molar-refractivity contribution in [3.63, 3.8) is 0 Å². The lowest BCUT2D eigenvalue weighted by Gasteiger charge is -2.28. The van der Waals surface area contributed by atoms with Crippen molar-refractivity contribution >= 4 is 5.91 Å². The highest BCUT2D eigenvalue weighted by molar-refractivity contribution is 6.00. The van der Waals surface area contributed by atoms with Crippen LogP contribution in [0.15, 0.2) is 47.0 Å². The summed E-state index contributed by atoms with van der Waals surface area (Å²) < 4.78 is 48.9. The van der Waals surface area contributed by atoms with Crippen molar-refractivity contribution in [1.82, 2.24) is 20.1 Å². The summed E-state index contributed by atoms with van der Waals surface area (Å²) in [4.78, 5) is 18.5. The molecule has 0 bridgehead atoms. The molecule has 1 amide bonds. The first-order valence-corrected chi connectivity index (χ1v) is 9.57. The fourth-order valence-corrected chi connectivity index (χ4v) is 3.00. The van der Waals surface area contributed by atoms with Gasteiger partial charge in [-0.25, -0.2) is 4.98 Å². The predicted octanol–water partition coefficient (Wildman–Crippen LogP) is 4.39. The average Bonchev–Trinajstić information content (AvgIpc) is 3.18. The number of benzene rings is 1. The Morgan fingerprint density at radius 2 is 1.94 bits per heavy atom. The minimum atomic E-state index is -4.46. The topological polar surface area (TPSA) is 81.4 Å². The molecule has 0 aliphatic rings. The number of amides is 1. The van der Waals surface area contributed by atoms with Crippen LogP contribution in [-0.4, -0.2) is 45.2 Å². The molecule has 0 fully saturated rings. The predicted molar refractivity (Wildman–Crippen MR) is 105 cm³/mol. The molecule has 31 heavy (non-hydrogen) atoms. The molecule has 0 aliphatic heterocycles. The number of nitrogens with zero attached hydrogens (tertiary/aromatic N) is 4. The van der Waals surface area contributed by atoms with E-state index in [4.69, 9.17) is 9.15 Å². The van der Waals surface area contributed by atoms with Gasteiger partial charge in [0.05, 0.1) is 22.7 Å². The highest BCUT2D eigenvalue weighted by atomic mass is 19.4. The van der Waals surface area contributed by atoms with Crippen LogP contribution in [0, 0.1) is 6.92 Å². The summed E-state index contributed by atoms with van der Waals surface area (Å²) in [5, 5.41) is 7.80. The van der Waals surface area contributed by atoms with Gasteiger partial charge in [-0.1, -0.05) is 12.1 Å². The maximum atomic E-state index is 13.2. The third-order valence-corrected chi connectivity index (χ3v) is 4.58. The monoisotopic (exact) mass is 434 g/mol. The van der Waals surface area contributed by atoms with E-state index in [-0.39, 0.29) is 30.3 Å². The van der Waals surface area contributed by atoms with Crippen LogP contribution in [-0.2, 0) is 6.18 Å². The van der Waals surface area contributed by atoms with Gasteiger partial charge in [-0.05, 0) is 32.0 Å². The van der Waals surface area contributed by atoms with Crippen molar-refractivity contribution in [2.45, 2.75) is 33.0 Å². The second kappa shape index (κ2) is 9.15.